The van der Waals surface area contributed by atoms with Gasteiger partial charge in [-0.3, -0.25) is 4.68 Å². The van der Waals surface area contributed by atoms with E-state index in [-0.39, 0.29) is 0 Å². The summed E-state index contributed by atoms with van der Waals surface area (Å²) in [5.41, 5.74) is 1.17. The summed E-state index contributed by atoms with van der Waals surface area (Å²) in [7, 11) is 0. The first kappa shape index (κ1) is 9.33. The van der Waals surface area contributed by atoms with Gasteiger partial charge in [-0.1, -0.05) is 5.21 Å². The van der Waals surface area contributed by atoms with Crippen LogP contribution in [0.15, 0.2) is 6.20 Å². The zero-order valence-electron chi connectivity index (χ0n) is 9.02. The zero-order valence-corrected chi connectivity index (χ0v) is 9.02. The second-order valence-corrected chi connectivity index (χ2v) is 4.94. The maximum absolute atomic E-state index is 4.25. The Bertz CT molecular complexity index is 323. The predicted octanol–water partition coefficient (Wildman–Crippen LogP) is 0.840. The number of aromatic nitrogens is 3. The Morgan fingerprint density at radius 1 is 1.33 bits per heavy atom. The van der Waals surface area contributed by atoms with Crippen molar-refractivity contribution in [2.75, 3.05) is 13.1 Å². The van der Waals surface area contributed by atoms with E-state index in [1.807, 2.05) is 4.68 Å². The molecule has 1 unspecified atom stereocenters. The largest absolute Gasteiger partial charge is 0.316 e. The van der Waals surface area contributed by atoms with Crippen LogP contribution in [0.2, 0.25) is 0 Å². The van der Waals surface area contributed by atoms with E-state index < -0.39 is 0 Å². The van der Waals surface area contributed by atoms with Crippen LogP contribution < -0.4 is 5.32 Å². The Hall–Kier alpha value is -0.900. The zero-order chi connectivity index (χ0) is 10.1. The molecule has 0 radical (unpaired) electrons. The molecule has 1 aromatic heterocycles. The summed E-state index contributed by atoms with van der Waals surface area (Å²) in [5.74, 6) is 1.66. The van der Waals surface area contributed by atoms with E-state index in [4.69, 9.17) is 0 Å². The molecule has 0 aromatic carbocycles. The first-order valence-corrected chi connectivity index (χ1v) is 6.00. The SMILES string of the molecule is c1c(CC2CCNC2)nnn1CC1CC1. The van der Waals surface area contributed by atoms with Crippen LogP contribution in [0.3, 0.4) is 0 Å². The van der Waals surface area contributed by atoms with Crippen LogP contribution in [0, 0.1) is 11.8 Å². The van der Waals surface area contributed by atoms with Crippen molar-refractivity contribution in [1.29, 1.82) is 0 Å². The van der Waals surface area contributed by atoms with Gasteiger partial charge in [-0.25, -0.2) is 0 Å². The minimum Gasteiger partial charge on any atom is -0.316 e. The molecule has 0 bridgehead atoms. The summed E-state index contributed by atoms with van der Waals surface area (Å²) < 4.78 is 2.02. The molecule has 3 rings (SSSR count). The molecule has 0 amide bonds. The van der Waals surface area contributed by atoms with E-state index in [9.17, 15) is 0 Å². The molecule has 1 saturated carbocycles. The summed E-state index contributed by atoms with van der Waals surface area (Å²) in [6, 6.07) is 0. The van der Waals surface area contributed by atoms with Crippen molar-refractivity contribution >= 4 is 0 Å². The molecular formula is C11H18N4. The van der Waals surface area contributed by atoms with Crippen LogP contribution in [-0.4, -0.2) is 28.1 Å². The summed E-state index contributed by atoms with van der Waals surface area (Å²) in [6.45, 7) is 3.40. The number of hydrogen-bond donors (Lipinski definition) is 1. The lowest BCUT2D eigenvalue weighted by Crippen LogP contribution is -2.10. The lowest BCUT2D eigenvalue weighted by atomic mass is 10.0. The van der Waals surface area contributed by atoms with Crippen molar-refractivity contribution in [3.63, 3.8) is 0 Å². The molecule has 1 N–H and O–H groups in total. The van der Waals surface area contributed by atoms with Crippen LogP contribution in [-0.2, 0) is 13.0 Å². The average Bonchev–Trinajstić information content (AvgIpc) is 2.74. The maximum atomic E-state index is 4.25. The molecule has 1 aliphatic heterocycles. The van der Waals surface area contributed by atoms with Crippen LogP contribution in [0.4, 0.5) is 0 Å². The fourth-order valence-corrected chi connectivity index (χ4v) is 2.27. The second kappa shape index (κ2) is 3.93. The molecule has 0 spiro atoms. The van der Waals surface area contributed by atoms with Gasteiger partial charge in [-0.2, -0.15) is 0 Å². The summed E-state index contributed by atoms with van der Waals surface area (Å²) in [6.07, 6.45) is 7.27. The van der Waals surface area contributed by atoms with Gasteiger partial charge in [0.25, 0.3) is 0 Å². The topological polar surface area (TPSA) is 42.7 Å². The highest BCUT2D eigenvalue weighted by Gasteiger charge is 2.22. The molecule has 4 nitrogen and oxygen atoms in total. The normalized spacial score (nSPS) is 26.0. The van der Waals surface area contributed by atoms with Crippen LogP contribution >= 0.6 is 0 Å². The van der Waals surface area contributed by atoms with Gasteiger partial charge in [0.05, 0.1) is 5.69 Å². The van der Waals surface area contributed by atoms with Gasteiger partial charge in [0.1, 0.15) is 0 Å². The van der Waals surface area contributed by atoms with Crippen LogP contribution in [0.1, 0.15) is 25.0 Å². The third-order valence-electron chi connectivity index (χ3n) is 3.39. The standard InChI is InChI=1S/C11H18N4/c1-2-9(1)7-15-8-11(13-14-15)5-10-3-4-12-6-10/h8-10,12H,1-7H2. The van der Waals surface area contributed by atoms with Crippen molar-refractivity contribution < 1.29 is 0 Å². The van der Waals surface area contributed by atoms with Crippen molar-refractivity contribution in [2.45, 2.75) is 32.2 Å². The Balaban J connectivity index is 1.57. The maximum Gasteiger partial charge on any atom is 0.0830 e. The smallest absolute Gasteiger partial charge is 0.0830 e. The Morgan fingerprint density at radius 2 is 2.27 bits per heavy atom. The lowest BCUT2D eigenvalue weighted by molar-refractivity contribution is 0.543. The van der Waals surface area contributed by atoms with E-state index in [2.05, 4.69) is 21.8 Å². The number of nitrogens with zero attached hydrogens (tertiary/aromatic N) is 3. The molecule has 1 atom stereocenters. The molecule has 4 heteroatoms. The fourth-order valence-electron chi connectivity index (χ4n) is 2.27. The molecular weight excluding hydrogens is 188 g/mol. The highest BCUT2D eigenvalue weighted by Crippen LogP contribution is 2.30. The molecule has 1 aromatic rings. The first-order chi connectivity index (χ1) is 7.40. The number of rotatable bonds is 4. The molecule has 2 fully saturated rings. The summed E-state index contributed by atoms with van der Waals surface area (Å²) >= 11 is 0. The minimum absolute atomic E-state index is 0.774. The van der Waals surface area contributed by atoms with E-state index in [1.165, 1.54) is 31.5 Å². The van der Waals surface area contributed by atoms with E-state index in [0.29, 0.717) is 0 Å². The third-order valence-corrected chi connectivity index (χ3v) is 3.39. The molecule has 1 aliphatic carbocycles. The minimum atomic E-state index is 0.774. The van der Waals surface area contributed by atoms with Gasteiger partial charge < -0.3 is 5.32 Å². The highest BCUT2D eigenvalue weighted by atomic mass is 15.4. The predicted molar refractivity (Wildman–Crippen MR) is 57.4 cm³/mol. The lowest BCUT2D eigenvalue weighted by Gasteiger charge is -2.03. The van der Waals surface area contributed by atoms with E-state index in [0.717, 1.165) is 31.3 Å². The molecule has 82 valence electrons. The molecule has 2 heterocycles. The van der Waals surface area contributed by atoms with Crippen molar-refractivity contribution in [3.8, 4) is 0 Å². The monoisotopic (exact) mass is 206 g/mol. The van der Waals surface area contributed by atoms with E-state index >= 15 is 0 Å². The third kappa shape index (κ3) is 2.37. The van der Waals surface area contributed by atoms with Gasteiger partial charge in [0, 0.05) is 12.7 Å². The second-order valence-electron chi connectivity index (χ2n) is 4.94. The Labute approximate surface area is 90.0 Å². The quantitative estimate of drug-likeness (QED) is 0.794. The number of hydrogen-bond acceptors (Lipinski definition) is 3. The van der Waals surface area contributed by atoms with Gasteiger partial charge in [0.15, 0.2) is 0 Å². The Morgan fingerprint density at radius 3 is 3.00 bits per heavy atom. The van der Waals surface area contributed by atoms with Gasteiger partial charge >= 0.3 is 0 Å². The molecule has 2 aliphatic rings. The van der Waals surface area contributed by atoms with Crippen molar-refractivity contribution in [2.24, 2.45) is 11.8 Å². The summed E-state index contributed by atoms with van der Waals surface area (Å²) in [5, 5.41) is 11.8. The van der Waals surface area contributed by atoms with Gasteiger partial charge in [-0.05, 0) is 50.6 Å². The van der Waals surface area contributed by atoms with Gasteiger partial charge in [-0.15, -0.1) is 5.10 Å². The molecule has 1 saturated heterocycles. The van der Waals surface area contributed by atoms with Crippen LogP contribution in [0.25, 0.3) is 0 Å². The fraction of sp³-hybridized carbons (Fsp3) is 0.818. The summed E-state index contributed by atoms with van der Waals surface area (Å²) in [4.78, 5) is 0. The van der Waals surface area contributed by atoms with Crippen molar-refractivity contribution in [1.82, 2.24) is 20.3 Å². The van der Waals surface area contributed by atoms with E-state index in [1.54, 1.807) is 0 Å². The number of nitrogens with one attached hydrogen (secondary N) is 1. The Kier molecular flexibility index (Phi) is 2.44. The van der Waals surface area contributed by atoms with Gasteiger partial charge in [0.2, 0.25) is 0 Å². The highest BCUT2D eigenvalue weighted by molar-refractivity contribution is 4.96. The first-order valence-electron chi connectivity index (χ1n) is 6.00. The van der Waals surface area contributed by atoms with Crippen molar-refractivity contribution in [3.05, 3.63) is 11.9 Å². The molecule has 15 heavy (non-hydrogen) atoms. The van der Waals surface area contributed by atoms with Crippen LogP contribution in [0.5, 0.6) is 0 Å². The average molecular weight is 206 g/mol.